The number of anilines is 1. The van der Waals surface area contributed by atoms with Crippen LogP contribution in [0.3, 0.4) is 0 Å². The molecule has 0 aromatic heterocycles. The Morgan fingerprint density at radius 1 is 0.882 bits per heavy atom. The Bertz CT molecular complexity index is 1210. The number of hydrogen-bond donors (Lipinski definition) is 1. The molecule has 2 amide bonds. The summed E-state index contributed by atoms with van der Waals surface area (Å²) in [7, 11) is 0. The van der Waals surface area contributed by atoms with Crippen LogP contribution in [-0.2, 0) is 16.0 Å². The number of amides is 2. The van der Waals surface area contributed by atoms with E-state index in [0.29, 0.717) is 36.4 Å². The summed E-state index contributed by atoms with van der Waals surface area (Å²) in [6, 6.07) is 23.2. The van der Waals surface area contributed by atoms with Crippen molar-refractivity contribution in [3.8, 4) is 5.75 Å². The summed E-state index contributed by atoms with van der Waals surface area (Å²) in [6.07, 6.45) is 1.52. The highest BCUT2D eigenvalue weighted by Crippen LogP contribution is 2.32. The van der Waals surface area contributed by atoms with Crippen LogP contribution in [0.1, 0.15) is 35.6 Å². The van der Waals surface area contributed by atoms with Gasteiger partial charge in [0.15, 0.2) is 0 Å². The minimum atomic E-state index is -0.304. The molecule has 4 rings (SSSR count). The number of carbonyl (C=O) groups excluding carboxylic acids is 2. The van der Waals surface area contributed by atoms with Gasteiger partial charge in [0.25, 0.3) is 11.8 Å². The molecule has 0 radical (unpaired) electrons. The average Bonchev–Trinajstić information content (AvgIpc) is 3.08. The molecular weight excluding hydrogens is 424 g/mol. The highest BCUT2D eigenvalue weighted by molar-refractivity contribution is 6.36. The summed E-state index contributed by atoms with van der Waals surface area (Å²) in [5, 5.41) is 3.28. The number of aryl methyl sites for hydroxylation is 2. The minimum absolute atomic E-state index is 0.282. The van der Waals surface area contributed by atoms with E-state index < -0.39 is 0 Å². The second-order valence-electron chi connectivity index (χ2n) is 8.56. The van der Waals surface area contributed by atoms with Crippen LogP contribution < -0.4 is 10.1 Å². The maximum atomic E-state index is 13.5. The van der Waals surface area contributed by atoms with Crippen LogP contribution in [0, 0.1) is 13.8 Å². The van der Waals surface area contributed by atoms with Gasteiger partial charge in [-0.1, -0.05) is 67.1 Å². The molecule has 0 saturated carbocycles. The van der Waals surface area contributed by atoms with Gasteiger partial charge in [0, 0.05) is 12.2 Å². The van der Waals surface area contributed by atoms with E-state index in [9.17, 15) is 9.59 Å². The molecule has 0 spiro atoms. The number of hydrogen-bond acceptors (Lipinski definition) is 4. The van der Waals surface area contributed by atoms with E-state index in [2.05, 4.69) is 18.3 Å². The van der Waals surface area contributed by atoms with Crippen molar-refractivity contribution < 1.29 is 14.3 Å². The Balaban J connectivity index is 1.66. The van der Waals surface area contributed by atoms with Gasteiger partial charge in [-0.2, -0.15) is 0 Å². The second-order valence-corrected chi connectivity index (χ2v) is 8.56. The maximum Gasteiger partial charge on any atom is 0.278 e. The molecule has 3 aromatic rings. The van der Waals surface area contributed by atoms with Gasteiger partial charge in [0.2, 0.25) is 0 Å². The number of imide groups is 1. The smallest absolute Gasteiger partial charge is 0.278 e. The molecule has 1 aliphatic rings. The Morgan fingerprint density at radius 2 is 1.62 bits per heavy atom. The van der Waals surface area contributed by atoms with E-state index in [1.807, 2.05) is 80.6 Å². The molecule has 1 heterocycles. The van der Waals surface area contributed by atoms with E-state index in [1.54, 1.807) is 0 Å². The molecule has 34 heavy (non-hydrogen) atoms. The molecule has 0 unspecified atom stereocenters. The molecule has 3 aromatic carbocycles. The molecule has 174 valence electrons. The van der Waals surface area contributed by atoms with E-state index in [-0.39, 0.29) is 11.8 Å². The monoisotopic (exact) mass is 454 g/mol. The summed E-state index contributed by atoms with van der Waals surface area (Å²) in [5.74, 6) is 0.158. The number of rotatable bonds is 9. The van der Waals surface area contributed by atoms with Crippen LogP contribution in [0.2, 0.25) is 0 Å². The fraction of sp³-hybridized carbons (Fsp3) is 0.241. The quantitative estimate of drug-likeness (QED) is 0.432. The predicted molar refractivity (Wildman–Crippen MR) is 136 cm³/mol. The first-order chi connectivity index (χ1) is 16.5. The molecule has 1 N–H and O–H groups in total. The van der Waals surface area contributed by atoms with Crippen molar-refractivity contribution in [2.24, 2.45) is 0 Å². The molecule has 0 saturated heterocycles. The number of ether oxygens (including phenoxy) is 1. The van der Waals surface area contributed by atoms with Crippen LogP contribution in [0.5, 0.6) is 5.75 Å². The molecule has 1 aliphatic heterocycles. The van der Waals surface area contributed by atoms with Crippen LogP contribution >= 0.6 is 0 Å². The van der Waals surface area contributed by atoms with Gasteiger partial charge in [-0.05, 0) is 61.6 Å². The number of benzene rings is 3. The van der Waals surface area contributed by atoms with Gasteiger partial charge >= 0.3 is 0 Å². The van der Waals surface area contributed by atoms with Gasteiger partial charge in [0.1, 0.15) is 11.4 Å². The average molecular weight is 455 g/mol. The lowest BCUT2D eigenvalue weighted by molar-refractivity contribution is -0.136. The van der Waals surface area contributed by atoms with Gasteiger partial charge < -0.3 is 10.1 Å². The number of carbonyl (C=O) groups is 2. The molecule has 5 heteroatoms. The highest BCUT2D eigenvalue weighted by atomic mass is 16.5. The Kier molecular flexibility index (Phi) is 7.12. The number of nitrogens with zero attached hydrogens (tertiary/aromatic N) is 1. The zero-order chi connectivity index (χ0) is 24.1. The van der Waals surface area contributed by atoms with Crippen molar-refractivity contribution in [1.82, 2.24) is 4.90 Å². The summed E-state index contributed by atoms with van der Waals surface area (Å²) in [5.41, 5.74) is 5.44. The van der Waals surface area contributed by atoms with Crippen molar-refractivity contribution in [2.75, 3.05) is 18.5 Å². The van der Waals surface area contributed by atoms with Gasteiger partial charge in [-0.15, -0.1) is 0 Å². The van der Waals surface area contributed by atoms with Gasteiger partial charge in [-0.25, -0.2) is 0 Å². The zero-order valence-electron chi connectivity index (χ0n) is 19.9. The Morgan fingerprint density at radius 3 is 2.29 bits per heavy atom. The molecule has 0 bridgehead atoms. The third kappa shape index (κ3) is 5.04. The standard InChI is InChI=1S/C29H30N2O3/c1-4-18-34-24-13-11-23(12-14-24)26-27(30-25-15-10-20(2)19-21(25)3)29(33)31(28(26)32)17-16-22-8-6-5-7-9-22/h5-15,19,30H,4,16-18H2,1-3H3. The highest BCUT2D eigenvalue weighted by Gasteiger charge is 2.39. The molecule has 0 atom stereocenters. The Hall–Kier alpha value is -3.86. The SMILES string of the molecule is CCCOc1ccc(C2=C(Nc3ccc(C)cc3C)C(=O)N(CCc3ccccc3)C2=O)cc1. The van der Waals surface area contributed by atoms with Crippen molar-refractivity contribution in [3.63, 3.8) is 0 Å². The molecule has 5 nitrogen and oxygen atoms in total. The lowest BCUT2D eigenvalue weighted by Gasteiger charge is -2.16. The summed E-state index contributed by atoms with van der Waals surface area (Å²) >= 11 is 0. The first-order valence-corrected chi connectivity index (χ1v) is 11.7. The van der Waals surface area contributed by atoms with Crippen molar-refractivity contribution in [1.29, 1.82) is 0 Å². The first kappa shape index (κ1) is 23.3. The normalized spacial score (nSPS) is 13.6. The summed E-state index contributed by atoms with van der Waals surface area (Å²) in [6.45, 7) is 7.02. The first-order valence-electron chi connectivity index (χ1n) is 11.7. The molecule has 0 fully saturated rings. The van der Waals surface area contributed by atoms with Crippen LogP contribution in [-0.4, -0.2) is 29.9 Å². The fourth-order valence-corrected chi connectivity index (χ4v) is 4.07. The van der Waals surface area contributed by atoms with Crippen molar-refractivity contribution in [2.45, 2.75) is 33.6 Å². The van der Waals surface area contributed by atoms with Crippen LogP contribution in [0.4, 0.5) is 5.69 Å². The summed E-state index contributed by atoms with van der Waals surface area (Å²) < 4.78 is 5.68. The van der Waals surface area contributed by atoms with Crippen molar-refractivity contribution >= 4 is 23.1 Å². The van der Waals surface area contributed by atoms with Crippen molar-refractivity contribution in [3.05, 3.63) is 101 Å². The maximum absolute atomic E-state index is 13.5. The van der Waals surface area contributed by atoms with Crippen LogP contribution in [0.15, 0.2) is 78.5 Å². The lowest BCUT2D eigenvalue weighted by atomic mass is 10.0. The lowest BCUT2D eigenvalue weighted by Crippen LogP contribution is -2.34. The second kappa shape index (κ2) is 10.4. The summed E-state index contributed by atoms with van der Waals surface area (Å²) in [4.78, 5) is 28.3. The van der Waals surface area contributed by atoms with Crippen LogP contribution in [0.25, 0.3) is 5.57 Å². The van der Waals surface area contributed by atoms with Gasteiger partial charge in [-0.3, -0.25) is 14.5 Å². The largest absolute Gasteiger partial charge is 0.494 e. The zero-order valence-corrected chi connectivity index (χ0v) is 19.9. The molecular formula is C29H30N2O3. The van der Waals surface area contributed by atoms with E-state index in [0.717, 1.165) is 34.5 Å². The topological polar surface area (TPSA) is 58.6 Å². The minimum Gasteiger partial charge on any atom is -0.494 e. The number of nitrogens with one attached hydrogen (secondary N) is 1. The van der Waals surface area contributed by atoms with E-state index in [1.165, 1.54) is 4.90 Å². The Labute approximate surface area is 201 Å². The van der Waals surface area contributed by atoms with Gasteiger partial charge in [0.05, 0.1) is 12.2 Å². The molecule has 0 aliphatic carbocycles. The van der Waals surface area contributed by atoms with E-state index >= 15 is 0 Å². The predicted octanol–water partition coefficient (Wildman–Crippen LogP) is 5.53. The fourth-order valence-electron chi connectivity index (χ4n) is 4.07. The van der Waals surface area contributed by atoms with E-state index in [4.69, 9.17) is 4.74 Å². The third-order valence-electron chi connectivity index (χ3n) is 5.89. The third-order valence-corrected chi connectivity index (χ3v) is 5.89.